The second-order valence-electron chi connectivity index (χ2n) is 3.33. The van der Waals surface area contributed by atoms with E-state index in [9.17, 15) is 0 Å². The molecule has 1 aliphatic rings. The Bertz CT molecular complexity index is 161. The molecule has 1 fully saturated rings. The lowest BCUT2D eigenvalue weighted by Crippen LogP contribution is -2.52. The van der Waals surface area contributed by atoms with Gasteiger partial charge in [0.15, 0.2) is 0 Å². The molecule has 0 bridgehead atoms. The number of nitrogens with zero attached hydrogens (tertiary/aromatic N) is 2. The molecule has 5 N–H and O–H groups in total. The highest BCUT2D eigenvalue weighted by Crippen LogP contribution is 2.11. The summed E-state index contributed by atoms with van der Waals surface area (Å²) in [6.45, 7) is 2.07. The van der Waals surface area contributed by atoms with Gasteiger partial charge < -0.3 is 10.6 Å². The molecule has 0 unspecified atom stereocenters. The van der Waals surface area contributed by atoms with Crippen LogP contribution in [0.1, 0.15) is 12.8 Å². The van der Waals surface area contributed by atoms with Gasteiger partial charge in [-0.2, -0.15) is 0 Å². The largest absolute Gasteiger partial charge is 0.369 e. The zero-order valence-corrected chi connectivity index (χ0v) is 7.45. The van der Waals surface area contributed by atoms with Gasteiger partial charge in [-0.3, -0.25) is 10.4 Å². The first kappa shape index (κ1) is 9.28. The third kappa shape index (κ3) is 2.09. The van der Waals surface area contributed by atoms with Crippen LogP contribution in [-0.4, -0.2) is 42.0 Å². The van der Waals surface area contributed by atoms with Crippen LogP contribution in [0.2, 0.25) is 0 Å². The first-order chi connectivity index (χ1) is 5.61. The summed E-state index contributed by atoms with van der Waals surface area (Å²) in [6.07, 6.45) is 1.99. The van der Waals surface area contributed by atoms with E-state index in [1.807, 2.05) is 0 Å². The zero-order valence-electron chi connectivity index (χ0n) is 7.45. The van der Waals surface area contributed by atoms with Gasteiger partial charge in [0.2, 0.25) is 5.96 Å². The molecule has 1 heterocycles. The number of likely N-dealkylation sites (tertiary alicyclic amines) is 1. The molecule has 0 aromatic rings. The van der Waals surface area contributed by atoms with Crippen LogP contribution in [0, 0.1) is 5.41 Å². The Morgan fingerprint density at radius 2 is 2.00 bits per heavy atom. The van der Waals surface area contributed by atoms with Crippen molar-refractivity contribution in [3.05, 3.63) is 0 Å². The van der Waals surface area contributed by atoms with E-state index in [0.29, 0.717) is 0 Å². The second kappa shape index (κ2) is 3.73. The highest BCUT2D eigenvalue weighted by molar-refractivity contribution is 5.74. The van der Waals surface area contributed by atoms with Crippen LogP contribution in [-0.2, 0) is 0 Å². The minimum atomic E-state index is -0.0375. The molecular weight excluding hydrogens is 154 g/mol. The maximum atomic E-state index is 7.15. The van der Waals surface area contributed by atoms with Crippen molar-refractivity contribution in [2.24, 2.45) is 11.6 Å². The summed E-state index contributed by atoms with van der Waals surface area (Å²) in [4.78, 5) is 2.25. The Labute approximate surface area is 72.8 Å². The molecule has 1 rings (SSSR count). The minimum absolute atomic E-state index is 0.0375. The fourth-order valence-corrected chi connectivity index (χ4v) is 1.47. The monoisotopic (exact) mass is 171 g/mol. The third-order valence-electron chi connectivity index (χ3n) is 2.36. The minimum Gasteiger partial charge on any atom is -0.369 e. The Balaban J connectivity index is 2.39. The lowest BCUT2D eigenvalue weighted by molar-refractivity contribution is 0.175. The molecule has 1 aliphatic heterocycles. The van der Waals surface area contributed by atoms with E-state index in [1.165, 1.54) is 5.01 Å². The van der Waals surface area contributed by atoms with Gasteiger partial charge in [-0.25, -0.2) is 5.84 Å². The summed E-state index contributed by atoms with van der Waals surface area (Å²) in [7, 11) is 2.09. The van der Waals surface area contributed by atoms with Gasteiger partial charge in [0, 0.05) is 0 Å². The molecule has 0 atom stereocenters. The van der Waals surface area contributed by atoms with Crippen LogP contribution in [0.5, 0.6) is 0 Å². The van der Waals surface area contributed by atoms with E-state index >= 15 is 0 Å². The smallest absolute Gasteiger partial charge is 0.203 e. The Kier molecular flexibility index (Phi) is 2.88. The molecule has 12 heavy (non-hydrogen) atoms. The molecular formula is C7H17N5. The predicted molar refractivity (Wildman–Crippen MR) is 48.5 cm³/mol. The van der Waals surface area contributed by atoms with Gasteiger partial charge >= 0.3 is 0 Å². The SMILES string of the molecule is CN1CCC(N(N)C(=N)N)CC1. The van der Waals surface area contributed by atoms with Crippen LogP contribution in [0.3, 0.4) is 0 Å². The normalized spacial score (nSPS) is 20.8. The molecule has 0 saturated carbocycles. The van der Waals surface area contributed by atoms with Crippen molar-refractivity contribution >= 4 is 5.96 Å². The van der Waals surface area contributed by atoms with Gasteiger partial charge in [-0.15, -0.1) is 0 Å². The summed E-state index contributed by atoms with van der Waals surface area (Å²) in [5.41, 5.74) is 5.27. The maximum absolute atomic E-state index is 7.15. The number of guanidine groups is 1. The quantitative estimate of drug-likeness (QED) is 0.208. The molecule has 0 radical (unpaired) electrons. The van der Waals surface area contributed by atoms with Crippen molar-refractivity contribution in [3.8, 4) is 0 Å². The van der Waals surface area contributed by atoms with Crippen LogP contribution >= 0.6 is 0 Å². The van der Waals surface area contributed by atoms with E-state index in [1.54, 1.807) is 0 Å². The summed E-state index contributed by atoms with van der Waals surface area (Å²) < 4.78 is 0. The summed E-state index contributed by atoms with van der Waals surface area (Å²) in [5.74, 6) is 5.56. The lowest BCUT2D eigenvalue weighted by Gasteiger charge is -2.34. The van der Waals surface area contributed by atoms with E-state index in [0.717, 1.165) is 25.9 Å². The molecule has 5 heteroatoms. The summed E-state index contributed by atoms with van der Waals surface area (Å²) in [5, 5.41) is 8.52. The van der Waals surface area contributed by atoms with Crippen LogP contribution in [0.15, 0.2) is 0 Å². The molecule has 1 saturated heterocycles. The number of nitrogens with one attached hydrogen (secondary N) is 1. The third-order valence-corrected chi connectivity index (χ3v) is 2.36. The number of hydrazine groups is 1. The average Bonchev–Trinajstić information content (AvgIpc) is 2.04. The van der Waals surface area contributed by atoms with Crippen LogP contribution in [0.4, 0.5) is 0 Å². The van der Waals surface area contributed by atoms with Gasteiger partial charge in [0.05, 0.1) is 6.04 Å². The Morgan fingerprint density at radius 3 is 2.42 bits per heavy atom. The van der Waals surface area contributed by atoms with E-state index in [2.05, 4.69) is 11.9 Å². The number of hydrogen-bond donors (Lipinski definition) is 3. The average molecular weight is 171 g/mol. The van der Waals surface area contributed by atoms with E-state index < -0.39 is 0 Å². The molecule has 70 valence electrons. The first-order valence-electron chi connectivity index (χ1n) is 4.17. The van der Waals surface area contributed by atoms with Crippen LogP contribution in [0.25, 0.3) is 0 Å². The van der Waals surface area contributed by atoms with Crippen molar-refractivity contribution in [2.75, 3.05) is 20.1 Å². The molecule has 0 aromatic heterocycles. The van der Waals surface area contributed by atoms with Crippen molar-refractivity contribution in [1.82, 2.24) is 9.91 Å². The van der Waals surface area contributed by atoms with Crippen molar-refractivity contribution in [3.63, 3.8) is 0 Å². The summed E-state index contributed by atoms with van der Waals surface area (Å²) >= 11 is 0. The van der Waals surface area contributed by atoms with Crippen molar-refractivity contribution < 1.29 is 0 Å². The highest BCUT2D eigenvalue weighted by atomic mass is 15.5. The number of piperidine rings is 1. The van der Waals surface area contributed by atoms with Crippen LogP contribution < -0.4 is 11.6 Å². The number of nitrogens with two attached hydrogens (primary N) is 2. The maximum Gasteiger partial charge on any atom is 0.203 e. The molecule has 5 nitrogen and oxygen atoms in total. The number of hydrogen-bond acceptors (Lipinski definition) is 3. The Hall–Kier alpha value is -0.810. The fraction of sp³-hybridized carbons (Fsp3) is 0.857. The van der Waals surface area contributed by atoms with E-state index in [4.69, 9.17) is 17.0 Å². The zero-order chi connectivity index (χ0) is 9.14. The first-order valence-corrected chi connectivity index (χ1v) is 4.17. The molecule has 0 amide bonds. The standard InChI is InChI=1S/C7H17N5/c1-11-4-2-6(3-5-11)12(10)7(8)9/h6H,2-5,10H2,1H3,(H3,8,9). The van der Waals surface area contributed by atoms with Crippen molar-refractivity contribution in [2.45, 2.75) is 18.9 Å². The lowest BCUT2D eigenvalue weighted by atomic mass is 10.1. The molecule has 0 aromatic carbocycles. The van der Waals surface area contributed by atoms with E-state index in [-0.39, 0.29) is 12.0 Å². The summed E-state index contributed by atoms with van der Waals surface area (Å²) in [6, 6.07) is 0.249. The van der Waals surface area contributed by atoms with Gasteiger partial charge in [-0.05, 0) is 33.0 Å². The second-order valence-corrected chi connectivity index (χ2v) is 3.33. The van der Waals surface area contributed by atoms with Gasteiger partial charge in [-0.1, -0.05) is 0 Å². The molecule has 0 aliphatic carbocycles. The highest BCUT2D eigenvalue weighted by Gasteiger charge is 2.21. The number of rotatable bonds is 1. The molecule has 0 spiro atoms. The van der Waals surface area contributed by atoms with Gasteiger partial charge in [0.1, 0.15) is 0 Å². The predicted octanol–water partition coefficient (Wildman–Crippen LogP) is -0.850. The Morgan fingerprint density at radius 1 is 1.50 bits per heavy atom. The fourth-order valence-electron chi connectivity index (χ4n) is 1.47. The topological polar surface area (TPSA) is 82.4 Å². The van der Waals surface area contributed by atoms with Crippen molar-refractivity contribution in [1.29, 1.82) is 5.41 Å². The van der Waals surface area contributed by atoms with Gasteiger partial charge in [0.25, 0.3) is 0 Å².